The molecule has 2 aliphatic rings. The maximum absolute atomic E-state index is 11.8. The highest BCUT2D eigenvalue weighted by Gasteiger charge is 2.39. The Labute approximate surface area is 99.8 Å². The van der Waals surface area contributed by atoms with Crippen LogP contribution in [-0.4, -0.2) is 63.8 Å². The number of aliphatic hydroxyl groups is 3. The third-order valence-corrected chi connectivity index (χ3v) is 3.45. The van der Waals surface area contributed by atoms with Crippen molar-refractivity contribution in [2.24, 2.45) is 0 Å². The van der Waals surface area contributed by atoms with E-state index in [0.717, 1.165) is 0 Å². The minimum atomic E-state index is -0.731. The molecule has 1 amide bonds. The van der Waals surface area contributed by atoms with Gasteiger partial charge in [0.05, 0.1) is 18.8 Å². The van der Waals surface area contributed by atoms with Gasteiger partial charge in [0, 0.05) is 19.4 Å². The van der Waals surface area contributed by atoms with Crippen LogP contribution in [0.3, 0.4) is 0 Å². The fraction of sp³-hybridized carbons (Fsp3) is 0.909. The lowest BCUT2D eigenvalue weighted by atomic mass is 10.2. The van der Waals surface area contributed by atoms with Gasteiger partial charge in [-0.2, -0.15) is 0 Å². The van der Waals surface area contributed by atoms with E-state index in [2.05, 4.69) is 0 Å². The molecular formula is C11H19NO5. The molecule has 0 aromatic carbocycles. The van der Waals surface area contributed by atoms with E-state index in [9.17, 15) is 15.0 Å². The molecule has 0 radical (unpaired) electrons. The quantitative estimate of drug-likeness (QED) is 0.570. The summed E-state index contributed by atoms with van der Waals surface area (Å²) in [5.41, 5.74) is 0. The number of ether oxygens (including phenoxy) is 1. The van der Waals surface area contributed by atoms with Crippen molar-refractivity contribution >= 4 is 5.91 Å². The predicted molar refractivity (Wildman–Crippen MR) is 57.9 cm³/mol. The summed E-state index contributed by atoms with van der Waals surface area (Å²) < 4.78 is 5.45. The largest absolute Gasteiger partial charge is 0.394 e. The molecular weight excluding hydrogens is 226 g/mol. The number of likely N-dealkylation sites (tertiary alicyclic amines) is 1. The topological polar surface area (TPSA) is 90.2 Å². The Kier molecular flexibility index (Phi) is 3.98. The molecule has 2 saturated heterocycles. The number of carbonyl (C=O) groups is 1. The van der Waals surface area contributed by atoms with Gasteiger partial charge in [-0.05, 0) is 12.8 Å². The van der Waals surface area contributed by atoms with Crippen LogP contribution in [0.1, 0.15) is 25.7 Å². The van der Waals surface area contributed by atoms with Gasteiger partial charge >= 0.3 is 0 Å². The van der Waals surface area contributed by atoms with Crippen molar-refractivity contribution in [1.29, 1.82) is 0 Å². The van der Waals surface area contributed by atoms with Gasteiger partial charge in [-0.15, -0.1) is 0 Å². The molecule has 98 valence electrons. The maximum Gasteiger partial charge on any atom is 0.224 e. The number of hydrogen-bond acceptors (Lipinski definition) is 5. The smallest absolute Gasteiger partial charge is 0.224 e. The average molecular weight is 245 g/mol. The molecule has 2 fully saturated rings. The molecule has 0 aromatic rings. The first-order valence-electron chi connectivity index (χ1n) is 6.03. The highest BCUT2D eigenvalue weighted by molar-refractivity contribution is 5.76. The second kappa shape index (κ2) is 5.30. The van der Waals surface area contributed by atoms with Crippen LogP contribution in [0.15, 0.2) is 0 Å². The van der Waals surface area contributed by atoms with E-state index in [-0.39, 0.29) is 12.5 Å². The number of rotatable bonds is 2. The molecule has 0 bridgehead atoms. The molecule has 2 rings (SSSR count). The van der Waals surface area contributed by atoms with Crippen LogP contribution in [0.4, 0.5) is 0 Å². The first-order chi connectivity index (χ1) is 8.11. The molecule has 4 atom stereocenters. The van der Waals surface area contributed by atoms with E-state index in [4.69, 9.17) is 9.84 Å². The van der Waals surface area contributed by atoms with Crippen molar-refractivity contribution in [2.75, 3.05) is 13.2 Å². The molecule has 2 aliphatic heterocycles. The summed E-state index contributed by atoms with van der Waals surface area (Å²) in [7, 11) is 0. The van der Waals surface area contributed by atoms with E-state index in [1.54, 1.807) is 4.90 Å². The van der Waals surface area contributed by atoms with E-state index in [0.29, 0.717) is 32.2 Å². The molecule has 0 spiro atoms. The van der Waals surface area contributed by atoms with Crippen LogP contribution in [-0.2, 0) is 9.53 Å². The maximum atomic E-state index is 11.8. The highest BCUT2D eigenvalue weighted by atomic mass is 16.5. The van der Waals surface area contributed by atoms with Crippen molar-refractivity contribution in [1.82, 2.24) is 4.90 Å². The highest BCUT2D eigenvalue weighted by Crippen LogP contribution is 2.26. The van der Waals surface area contributed by atoms with Crippen LogP contribution in [0.2, 0.25) is 0 Å². The molecule has 0 aromatic heterocycles. The summed E-state index contributed by atoms with van der Waals surface area (Å²) in [6.07, 6.45) is -0.608. The molecule has 0 saturated carbocycles. The fourth-order valence-electron chi connectivity index (χ4n) is 2.37. The Balaban J connectivity index is 1.99. The van der Waals surface area contributed by atoms with Crippen LogP contribution in [0.25, 0.3) is 0 Å². The number of nitrogens with zero attached hydrogens (tertiary/aromatic N) is 1. The van der Waals surface area contributed by atoms with E-state index in [1.165, 1.54) is 0 Å². The summed E-state index contributed by atoms with van der Waals surface area (Å²) in [5.74, 6) is -0.0580. The van der Waals surface area contributed by atoms with Crippen molar-refractivity contribution < 1.29 is 24.9 Å². The number of hydrogen-bond donors (Lipinski definition) is 3. The molecule has 17 heavy (non-hydrogen) atoms. The van der Waals surface area contributed by atoms with Crippen molar-refractivity contribution in [2.45, 2.75) is 50.2 Å². The lowest BCUT2D eigenvalue weighted by molar-refractivity contribution is -0.146. The molecule has 0 unspecified atom stereocenters. The fourth-order valence-corrected chi connectivity index (χ4v) is 2.37. The predicted octanol–water partition coefficient (Wildman–Crippen LogP) is -1.17. The van der Waals surface area contributed by atoms with Gasteiger partial charge in [-0.1, -0.05) is 0 Å². The minimum absolute atomic E-state index is 0.0580. The summed E-state index contributed by atoms with van der Waals surface area (Å²) >= 11 is 0. The summed E-state index contributed by atoms with van der Waals surface area (Å²) in [5, 5.41) is 28.1. The molecule has 6 nitrogen and oxygen atoms in total. The van der Waals surface area contributed by atoms with Gasteiger partial charge in [0.15, 0.2) is 0 Å². The Bertz CT molecular complexity index is 285. The zero-order valence-electron chi connectivity index (χ0n) is 9.66. The first-order valence-corrected chi connectivity index (χ1v) is 6.03. The van der Waals surface area contributed by atoms with Crippen molar-refractivity contribution in [3.05, 3.63) is 0 Å². The number of carbonyl (C=O) groups excluding carboxylic acids is 1. The second-order valence-electron chi connectivity index (χ2n) is 4.68. The van der Waals surface area contributed by atoms with Gasteiger partial charge in [0.2, 0.25) is 5.91 Å². The zero-order valence-corrected chi connectivity index (χ0v) is 9.66. The summed E-state index contributed by atoms with van der Waals surface area (Å²) in [6.45, 7) is 0.192. The van der Waals surface area contributed by atoms with Gasteiger partial charge < -0.3 is 25.0 Å². The van der Waals surface area contributed by atoms with Crippen LogP contribution < -0.4 is 0 Å². The average Bonchev–Trinajstić information content (AvgIpc) is 2.59. The van der Waals surface area contributed by atoms with E-state index >= 15 is 0 Å². The summed E-state index contributed by atoms with van der Waals surface area (Å²) in [6, 6.07) is 0. The van der Waals surface area contributed by atoms with Gasteiger partial charge in [0.25, 0.3) is 0 Å². The Morgan fingerprint density at radius 2 is 2.12 bits per heavy atom. The summed E-state index contributed by atoms with van der Waals surface area (Å²) in [4.78, 5) is 13.4. The normalized spacial score (nSPS) is 39.5. The lowest BCUT2D eigenvalue weighted by Crippen LogP contribution is -2.40. The molecule has 3 N–H and O–H groups in total. The van der Waals surface area contributed by atoms with Crippen molar-refractivity contribution in [3.8, 4) is 0 Å². The van der Waals surface area contributed by atoms with Gasteiger partial charge in [-0.3, -0.25) is 4.79 Å². The lowest BCUT2D eigenvalue weighted by Gasteiger charge is -2.27. The van der Waals surface area contributed by atoms with E-state index in [1.807, 2.05) is 0 Å². The Hall–Kier alpha value is -0.690. The Morgan fingerprint density at radius 3 is 2.76 bits per heavy atom. The van der Waals surface area contributed by atoms with E-state index < -0.39 is 24.5 Å². The minimum Gasteiger partial charge on any atom is -0.394 e. The van der Waals surface area contributed by atoms with Gasteiger partial charge in [-0.25, -0.2) is 0 Å². The standard InChI is InChI=1S/C11H19NO5/c13-6-9-8(15)5-11(17-9)12-4-3-7(14)1-2-10(12)16/h7-9,11,13-15H,1-6H2/t7-,8+,9-,11-/m1/s1. The zero-order chi connectivity index (χ0) is 12.4. The number of amides is 1. The van der Waals surface area contributed by atoms with Crippen LogP contribution in [0, 0.1) is 0 Å². The molecule has 6 heteroatoms. The van der Waals surface area contributed by atoms with Crippen molar-refractivity contribution in [3.63, 3.8) is 0 Å². The van der Waals surface area contributed by atoms with Gasteiger partial charge in [0.1, 0.15) is 12.3 Å². The third-order valence-electron chi connectivity index (χ3n) is 3.45. The third kappa shape index (κ3) is 2.77. The first kappa shape index (κ1) is 12.8. The second-order valence-corrected chi connectivity index (χ2v) is 4.68. The molecule has 0 aliphatic carbocycles. The SMILES string of the molecule is O=C1CC[C@@H](O)CCN1[C@H]1C[C@H](O)[C@@H](CO)O1. The molecule has 2 heterocycles. The van der Waals surface area contributed by atoms with Crippen LogP contribution >= 0.6 is 0 Å². The monoisotopic (exact) mass is 245 g/mol. The van der Waals surface area contributed by atoms with Crippen LogP contribution in [0.5, 0.6) is 0 Å². The Morgan fingerprint density at radius 1 is 1.35 bits per heavy atom. The number of aliphatic hydroxyl groups excluding tert-OH is 3.